The van der Waals surface area contributed by atoms with Crippen molar-refractivity contribution in [3.63, 3.8) is 0 Å². The number of carbonyl (C=O) groups is 2. The van der Waals surface area contributed by atoms with E-state index in [2.05, 4.69) is 31.0 Å². The first kappa shape index (κ1) is 25.3. The van der Waals surface area contributed by atoms with Crippen molar-refractivity contribution in [2.24, 2.45) is 28.6 Å². The number of nitrogens with one attached hydrogen (secondary N) is 1. The fourth-order valence-electron chi connectivity index (χ4n) is 8.62. The lowest BCUT2D eigenvalue weighted by molar-refractivity contribution is -0.122. The molecule has 1 amide bonds. The second kappa shape index (κ2) is 9.49. The van der Waals surface area contributed by atoms with Crippen LogP contribution in [0.1, 0.15) is 89.2 Å². The highest BCUT2D eigenvalue weighted by Gasteiger charge is 2.64. The first-order valence-corrected chi connectivity index (χ1v) is 14.0. The number of ketones is 1. The molecule has 1 aromatic rings. The van der Waals surface area contributed by atoms with E-state index >= 15 is 0 Å². The molecule has 4 nitrogen and oxygen atoms in total. The molecule has 4 aliphatic carbocycles. The molecule has 192 valence electrons. The molecule has 0 aliphatic heterocycles. The van der Waals surface area contributed by atoms with Crippen LogP contribution < -0.4 is 5.32 Å². The third kappa shape index (κ3) is 4.04. The van der Waals surface area contributed by atoms with Gasteiger partial charge in [0.2, 0.25) is 5.91 Å². The predicted molar refractivity (Wildman–Crippen MR) is 142 cm³/mol. The zero-order valence-corrected chi connectivity index (χ0v) is 22.2. The zero-order valence-electron chi connectivity index (χ0n) is 22.2. The summed E-state index contributed by atoms with van der Waals surface area (Å²) in [6, 6.07) is 8.10. The summed E-state index contributed by atoms with van der Waals surface area (Å²) in [6.45, 7) is 4.67. The number of hydrogen-bond acceptors (Lipinski definition) is 3. The average Bonchev–Trinajstić information content (AvgIpc) is 3.20. The van der Waals surface area contributed by atoms with Crippen LogP contribution in [-0.2, 0) is 16.0 Å². The van der Waals surface area contributed by atoms with Gasteiger partial charge in [-0.3, -0.25) is 9.59 Å². The van der Waals surface area contributed by atoms with E-state index in [1.54, 1.807) is 7.05 Å². The average molecular weight is 488 g/mol. The lowest BCUT2D eigenvalue weighted by atomic mass is 9.45. The van der Waals surface area contributed by atoms with Crippen LogP contribution >= 0.6 is 0 Å². The van der Waals surface area contributed by atoms with Crippen LogP contribution in [0.3, 0.4) is 0 Å². The summed E-state index contributed by atoms with van der Waals surface area (Å²) < 4.78 is 0. The van der Waals surface area contributed by atoms with Crippen molar-refractivity contribution < 1.29 is 14.7 Å². The zero-order chi connectivity index (χ0) is 25.6. The van der Waals surface area contributed by atoms with Gasteiger partial charge in [0.25, 0.3) is 0 Å². The Kier molecular flexibility index (Phi) is 6.66. The Bertz CT molecular complexity index is 1120. The van der Waals surface area contributed by atoms with Gasteiger partial charge in [-0.15, -0.1) is 0 Å². The van der Waals surface area contributed by atoms with Crippen LogP contribution in [0.15, 0.2) is 35.9 Å². The smallest absolute Gasteiger partial charge is 0.220 e. The molecule has 6 atom stereocenters. The molecule has 5 rings (SSSR count). The number of fused-ring (bicyclic) bond motifs is 5. The van der Waals surface area contributed by atoms with E-state index in [9.17, 15) is 14.7 Å². The molecule has 2 N–H and O–H groups in total. The number of allylic oxidation sites excluding steroid dienone is 1. The largest absolute Gasteiger partial charge is 0.377 e. The molecular formula is C32H41NO3. The fourth-order valence-corrected chi connectivity index (χ4v) is 8.62. The van der Waals surface area contributed by atoms with Crippen molar-refractivity contribution in [1.29, 1.82) is 0 Å². The molecule has 0 bridgehead atoms. The van der Waals surface area contributed by atoms with Crippen molar-refractivity contribution in [1.82, 2.24) is 5.32 Å². The first-order valence-electron chi connectivity index (χ1n) is 14.0. The number of aliphatic hydroxyl groups is 1. The Balaban J connectivity index is 1.36. The fraction of sp³-hybridized carbons (Fsp3) is 0.625. The van der Waals surface area contributed by atoms with Crippen LogP contribution in [0.5, 0.6) is 0 Å². The Morgan fingerprint density at radius 2 is 1.83 bits per heavy atom. The molecule has 0 saturated heterocycles. The van der Waals surface area contributed by atoms with Gasteiger partial charge >= 0.3 is 0 Å². The molecule has 4 heteroatoms. The van der Waals surface area contributed by atoms with Gasteiger partial charge in [0, 0.05) is 30.9 Å². The summed E-state index contributed by atoms with van der Waals surface area (Å²) in [5.74, 6) is 8.82. The maximum Gasteiger partial charge on any atom is 0.220 e. The highest BCUT2D eigenvalue weighted by molar-refractivity contribution is 5.91. The summed E-state index contributed by atoms with van der Waals surface area (Å²) in [5.41, 5.74) is 2.50. The normalized spacial score (nSPS) is 37.1. The van der Waals surface area contributed by atoms with Crippen LogP contribution in [0.25, 0.3) is 0 Å². The van der Waals surface area contributed by atoms with Gasteiger partial charge in [-0.1, -0.05) is 43.4 Å². The molecular weight excluding hydrogens is 446 g/mol. The second-order valence-corrected chi connectivity index (χ2v) is 12.0. The van der Waals surface area contributed by atoms with E-state index in [1.807, 2.05) is 30.3 Å². The molecule has 0 heterocycles. The van der Waals surface area contributed by atoms with Gasteiger partial charge in [-0.25, -0.2) is 0 Å². The SMILES string of the molecule is CC[C@]12CC[C@H]3[C@@H](CCC4=CC(=O)CC[C@@]43C)[C@@H]1CC[C@@]2(O)C#Cc1ccc(CCC(=O)NC)cc1. The third-order valence-corrected chi connectivity index (χ3v) is 10.7. The molecule has 0 aromatic heterocycles. The summed E-state index contributed by atoms with van der Waals surface area (Å²) in [4.78, 5) is 23.6. The Hall–Kier alpha value is -2.38. The summed E-state index contributed by atoms with van der Waals surface area (Å²) in [7, 11) is 1.66. The predicted octanol–water partition coefficient (Wildman–Crippen LogP) is 5.37. The molecule has 0 radical (unpaired) electrons. The Morgan fingerprint density at radius 3 is 2.56 bits per heavy atom. The molecule has 4 aliphatic rings. The highest BCUT2D eigenvalue weighted by atomic mass is 16.3. The van der Waals surface area contributed by atoms with Gasteiger partial charge < -0.3 is 10.4 Å². The number of rotatable bonds is 4. The van der Waals surface area contributed by atoms with Crippen molar-refractivity contribution in [3.05, 3.63) is 47.0 Å². The number of hydrogen-bond donors (Lipinski definition) is 2. The number of amides is 1. The molecule has 3 fully saturated rings. The quantitative estimate of drug-likeness (QED) is 0.561. The molecule has 36 heavy (non-hydrogen) atoms. The Labute approximate surface area is 216 Å². The van der Waals surface area contributed by atoms with Crippen LogP contribution in [0.4, 0.5) is 0 Å². The number of aryl methyl sites for hydroxylation is 1. The van der Waals surface area contributed by atoms with E-state index in [0.717, 1.165) is 62.5 Å². The topological polar surface area (TPSA) is 66.4 Å². The maximum atomic E-state index is 12.1. The second-order valence-electron chi connectivity index (χ2n) is 12.0. The molecule has 3 saturated carbocycles. The maximum absolute atomic E-state index is 12.1. The number of benzene rings is 1. The van der Waals surface area contributed by atoms with Gasteiger partial charge in [0.15, 0.2) is 5.78 Å². The first-order chi connectivity index (χ1) is 17.2. The van der Waals surface area contributed by atoms with Gasteiger partial charge in [-0.05, 0) is 105 Å². The Morgan fingerprint density at radius 1 is 1.08 bits per heavy atom. The van der Waals surface area contributed by atoms with E-state index in [0.29, 0.717) is 42.8 Å². The van der Waals surface area contributed by atoms with Gasteiger partial charge in [-0.2, -0.15) is 0 Å². The van der Waals surface area contributed by atoms with Crippen molar-refractivity contribution in [2.45, 2.75) is 90.1 Å². The summed E-state index contributed by atoms with van der Waals surface area (Å²) in [5, 5.41) is 14.7. The van der Waals surface area contributed by atoms with Crippen molar-refractivity contribution >= 4 is 11.7 Å². The van der Waals surface area contributed by atoms with Crippen LogP contribution in [0.2, 0.25) is 0 Å². The third-order valence-electron chi connectivity index (χ3n) is 10.7. The van der Waals surface area contributed by atoms with Crippen LogP contribution in [-0.4, -0.2) is 29.4 Å². The summed E-state index contributed by atoms with van der Waals surface area (Å²) >= 11 is 0. The minimum Gasteiger partial charge on any atom is -0.377 e. The van der Waals surface area contributed by atoms with Gasteiger partial charge in [0.1, 0.15) is 5.60 Å². The lowest BCUT2D eigenvalue weighted by Gasteiger charge is -2.59. The van der Waals surface area contributed by atoms with Gasteiger partial charge in [0.05, 0.1) is 0 Å². The van der Waals surface area contributed by atoms with Crippen LogP contribution in [0, 0.1) is 40.4 Å². The standard InChI is InChI=1S/C32H41NO3/c1-4-31-18-15-27-26(11-10-24-21-25(34)14-17-30(24,27)2)28(31)16-20-32(31,36)19-13-23-7-5-22(6-8-23)9-12-29(35)33-3/h5-8,21,26-28,36H,4,9-12,14-18,20H2,1-3H3,(H,33,35)/t26-,27+,28+,30+,31+,32+/m1/s1. The molecule has 0 spiro atoms. The van der Waals surface area contributed by atoms with E-state index in [1.165, 1.54) is 5.57 Å². The monoisotopic (exact) mass is 487 g/mol. The van der Waals surface area contributed by atoms with E-state index in [-0.39, 0.29) is 16.7 Å². The highest BCUT2D eigenvalue weighted by Crippen LogP contribution is 2.68. The minimum atomic E-state index is -0.950. The minimum absolute atomic E-state index is 0.0487. The molecule has 1 aromatic carbocycles. The van der Waals surface area contributed by atoms with Crippen molar-refractivity contribution in [3.8, 4) is 11.8 Å². The van der Waals surface area contributed by atoms with E-state index < -0.39 is 5.60 Å². The van der Waals surface area contributed by atoms with E-state index in [4.69, 9.17) is 0 Å². The lowest BCUT2D eigenvalue weighted by Crippen LogP contribution is -2.55. The summed E-state index contributed by atoms with van der Waals surface area (Å²) in [6.07, 6.45) is 11.9. The number of carbonyl (C=O) groups excluding carboxylic acids is 2. The molecule has 0 unspecified atom stereocenters. The van der Waals surface area contributed by atoms with Crippen molar-refractivity contribution in [2.75, 3.05) is 7.05 Å².